The summed E-state index contributed by atoms with van der Waals surface area (Å²) in [5.41, 5.74) is 1.43. The first-order valence-corrected chi connectivity index (χ1v) is 8.84. The van der Waals surface area contributed by atoms with Crippen molar-refractivity contribution in [2.45, 2.75) is 30.7 Å². The maximum absolute atomic E-state index is 3.69. The molecule has 0 aliphatic heterocycles. The van der Waals surface area contributed by atoms with Gasteiger partial charge in [0.2, 0.25) is 0 Å². The van der Waals surface area contributed by atoms with Crippen LogP contribution in [0.25, 0.3) is 0 Å². The summed E-state index contributed by atoms with van der Waals surface area (Å²) in [5.74, 6) is 0. The smallest absolute Gasteiger partial charge is 0.0379 e. The number of rotatable bonds is 7. The van der Waals surface area contributed by atoms with Crippen molar-refractivity contribution in [3.8, 4) is 0 Å². The molecule has 0 saturated carbocycles. The Morgan fingerprint density at radius 1 is 1.21 bits per heavy atom. The van der Waals surface area contributed by atoms with E-state index in [2.05, 4.69) is 60.3 Å². The Morgan fingerprint density at radius 2 is 2.05 bits per heavy atom. The predicted molar refractivity (Wildman–Crippen MR) is 87.3 cm³/mol. The van der Waals surface area contributed by atoms with E-state index in [4.69, 9.17) is 0 Å². The summed E-state index contributed by atoms with van der Waals surface area (Å²) in [4.78, 5) is 2.83. The fourth-order valence-electron chi connectivity index (χ4n) is 2.19. The van der Waals surface area contributed by atoms with Crippen LogP contribution in [0.2, 0.25) is 0 Å². The van der Waals surface area contributed by atoms with E-state index >= 15 is 0 Å². The minimum atomic E-state index is 0.419. The molecule has 0 fully saturated rings. The van der Waals surface area contributed by atoms with Gasteiger partial charge in [0.25, 0.3) is 0 Å². The van der Waals surface area contributed by atoms with Crippen LogP contribution in [0, 0.1) is 0 Å². The van der Waals surface area contributed by atoms with Gasteiger partial charge in [0, 0.05) is 22.2 Å². The fraction of sp³-hybridized carbons (Fsp3) is 0.375. The Hall–Kier alpha value is -0.770. The van der Waals surface area contributed by atoms with Crippen molar-refractivity contribution in [2.75, 3.05) is 12.8 Å². The Labute approximate surface area is 124 Å². The van der Waals surface area contributed by atoms with E-state index in [9.17, 15) is 0 Å². The van der Waals surface area contributed by atoms with E-state index in [-0.39, 0.29) is 0 Å². The number of hydrogen-bond acceptors (Lipinski definition) is 3. The average Bonchev–Trinajstić information content (AvgIpc) is 2.96. The third-order valence-corrected chi connectivity index (χ3v) is 4.85. The highest BCUT2D eigenvalue weighted by Gasteiger charge is 2.15. The van der Waals surface area contributed by atoms with Gasteiger partial charge in [0.15, 0.2) is 0 Å². The summed E-state index contributed by atoms with van der Waals surface area (Å²) in [6, 6.07) is 13.5. The van der Waals surface area contributed by atoms with Crippen LogP contribution in [0.1, 0.15) is 29.8 Å². The summed E-state index contributed by atoms with van der Waals surface area (Å²) in [6.07, 6.45) is 4.40. The lowest BCUT2D eigenvalue weighted by Gasteiger charge is -2.20. The van der Waals surface area contributed by atoms with E-state index in [1.807, 2.05) is 23.1 Å². The first-order valence-electron chi connectivity index (χ1n) is 6.73. The van der Waals surface area contributed by atoms with Crippen LogP contribution >= 0.6 is 23.1 Å². The quantitative estimate of drug-likeness (QED) is 0.739. The molecule has 0 saturated heterocycles. The molecule has 1 aromatic carbocycles. The van der Waals surface area contributed by atoms with E-state index < -0.39 is 0 Å². The lowest BCUT2D eigenvalue weighted by molar-refractivity contribution is 0.526. The van der Waals surface area contributed by atoms with Gasteiger partial charge < -0.3 is 5.32 Å². The third kappa shape index (κ3) is 4.10. The predicted octanol–water partition coefficient (Wildman–Crippen LogP) is 4.75. The summed E-state index contributed by atoms with van der Waals surface area (Å²) in [5, 5.41) is 5.85. The van der Waals surface area contributed by atoms with Crippen molar-refractivity contribution >= 4 is 23.1 Å². The second kappa shape index (κ2) is 7.73. The summed E-state index contributed by atoms with van der Waals surface area (Å²) >= 11 is 3.68. The molecule has 102 valence electrons. The maximum atomic E-state index is 3.69. The SMILES string of the molecule is CCCNC(Cc1cccs1)c1ccccc1SC. The van der Waals surface area contributed by atoms with Crippen LogP contribution in [0.15, 0.2) is 46.7 Å². The zero-order valence-electron chi connectivity index (χ0n) is 11.6. The molecule has 1 N–H and O–H groups in total. The van der Waals surface area contributed by atoms with Gasteiger partial charge in [-0.05, 0) is 42.3 Å². The molecule has 19 heavy (non-hydrogen) atoms. The normalized spacial score (nSPS) is 12.5. The minimum absolute atomic E-state index is 0.419. The summed E-state index contributed by atoms with van der Waals surface area (Å²) < 4.78 is 0. The highest BCUT2D eigenvalue weighted by molar-refractivity contribution is 7.98. The average molecular weight is 291 g/mol. The third-order valence-electron chi connectivity index (χ3n) is 3.14. The van der Waals surface area contributed by atoms with Gasteiger partial charge in [-0.2, -0.15) is 0 Å². The zero-order valence-corrected chi connectivity index (χ0v) is 13.2. The van der Waals surface area contributed by atoms with Crippen LogP contribution < -0.4 is 5.32 Å². The molecule has 1 heterocycles. The number of thiophene rings is 1. The molecule has 1 unspecified atom stereocenters. The Kier molecular flexibility index (Phi) is 5.95. The van der Waals surface area contributed by atoms with Gasteiger partial charge in [-0.15, -0.1) is 23.1 Å². The highest BCUT2D eigenvalue weighted by Crippen LogP contribution is 2.29. The van der Waals surface area contributed by atoms with Crippen LogP contribution in [-0.2, 0) is 6.42 Å². The largest absolute Gasteiger partial charge is 0.310 e. The first-order chi connectivity index (χ1) is 9.35. The number of benzene rings is 1. The number of nitrogens with one attached hydrogen (secondary N) is 1. The van der Waals surface area contributed by atoms with Crippen LogP contribution in [0.4, 0.5) is 0 Å². The number of thioether (sulfide) groups is 1. The Balaban J connectivity index is 2.20. The summed E-state index contributed by atoms with van der Waals surface area (Å²) in [7, 11) is 0. The molecule has 2 aromatic rings. The molecule has 1 nitrogen and oxygen atoms in total. The lowest BCUT2D eigenvalue weighted by Crippen LogP contribution is -2.24. The minimum Gasteiger partial charge on any atom is -0.310 e. The molecular weight excluding hydrogens is 270 g/mol. The van der Waals surface area contributed by atoms with Gasteiger partial charge in [0.05, 0.1) is 0 Å². The van der Waals surface area contributed by atoms with Crippen molar-refractivity contribution in [3.05, 3.63) is 52.2 Å². The summed E-state index contributed by atoms with van der Waals surface area (Å²) in [6.45, 7) is 3.29. The molecule has 0 bridgehead atoms. The fourth-order valence-corrected chi connectivity index (χ4v) is 3.61. The second-order valence-electron chi connectivity index (χ2n) is 4.53. The second-order valence-corrected chi connectivity index (χ2v) is 6.41. The molecule has 0 aliphatic carbocycles. The molecule has 1 aromatic heterocycles. The molecular formula is C16H21NS2. The van der Waals surface area contributed by atoms with Gasteiger partial charge in [-0.1, -0.05) is 31.2 Å². The van der Waals surface area contributed by atoms with Crippen molar-refractivity contribution in [1.29, 1.82) is 0 Å². The van der Waals surface area contributed by atoms with Gasteiger partial charge in [-0.3, -0.25) is 0 Å². The van der Waals surface area contributed by atoms with Crippen molar-refractivity contribution in [1.82, 2.24) is 5.32 Å². The van der Waals surface area contributed by atoms with Crippen molar-refractivity contribution in [2.24, 2.45) is 0 Å². The Morgan fingerprint density at radius 3 is 2.74 bits per heavy atom. The highest BCUT2D eigenvalue weighted by atomic mass is 32.2. The molecule has 2 rings (SSSR count). The van der Waals surface area contributed by atoms with E-state index in [1.165, 1.54) is 21.8 Å². The van der Waals surface area contributed by atoms with E-state index in [0.717, 1.165) is 13.0 Å². The van der Waals surface area contributed by atoms with Crippen molar-refractivity contribution < 1.29 is 0 Å². The van der Waals surface area contributed by atoms with E-state index in [0.29, 0.717) is 6.04 Å². The molecule has 0 amide bonds. The zero-order chi connectivity index (χ0) is 13.5. The maximum Gasteiger partial charge on any atom is 0.0379 e. The van der Waals surface area contributed by atoms with Gasteiger partial charge >= 0.3 is 0 Å². The van der Waals surface area contributed by atoms with Crippen LogP contribution in [-0.4, -0.2) is 12.8 Å². The monoisotopic (exact) mass is 291 g/mol. The van der Waals surface area contributed by atoms with Crippen LogP contribution in [0.5, 0.6) is 0 Å². The van der Waals surface area contributed by atoms with Crippen LogP contribution in [0.3, 0.4) is 0 Å². The van der Waals surface area contributed by atoms with Gasteiger partial charge in [-0.25, -0.2) is 0 Å². The molecule has 0 radical (unpaired) electrons. The standard InChI is InChI=1S/C16H21NS2/c1-3-10-17-15(12-13-7-6-11-19-13)14-8-4-5-9-16(14)18-2/h4-9,11,15,17H,3,10,12H2,1-2H3. The molecule has 3 heteroatoms. The molecule has 0 spiro atoms. The topological polar surface area (TPSA) is 12.0 Å². The lowest BCUT2D eigenvalue weighted by atomic mass is 10.0. The first kappa shape index (κ1) is 14.6. The Bertz CT molecular complexity index is 479. The number of hydrogen-bond donors (Lipinski definition) is 1. The van der Waals surface area contributed by atoms with Crippen molar-refractivity contribution in [3.63, 3.8) is 0 Å². The van der Waals surface area contributed by atoms with E-state index in [1.54, 1.807) is 0 Å². The molecule has 0 aliphatic rings. The molecule has 1 atom stereocenters. The van der Waals surface area contributed by atoms with Gasteiger partial charge in [0.1, 0.15) is 0 Å².